The maximum atomic E-state index is 14.9. The molecular formula is C57H71N11O32P4S2-4. The lowest BCUT2D eigenvalue weighted by molar-refractivity contribution is -0.257. The highest BCUT2D eigenvalue weighted by atomic mass is 32.7. The lowest BCUT2D eigenvalue weighted by Gasteiger charge is -2.40. The van der Waals surface area contributed by atoms with Gasteiger partial charge in [-0.25, -0.2) is 24.0 Å². The van der Waals surface area contributed by atoms with Crippen molar-refractivity contribution in [2.75, 3.05) is 32.2 Å². The number of H-pyrrole nitrogens is 4. The van der Waals surface area contributed by atoms with Crippen molar-refractivity contribution in [3.05, 3.63) is 153 Å². The Morgan fingerprint density at radius 2 is 0.925 bits per heavy atom. The molecule has 13 heterocycles. The number of nitrogens with one attached hydrogen (secondary N) is 4. The van der Waals surface area contributed by atoms with Gasteiger partial charge >= 0.3 is 28.4 Å². The molecule has 8 saturated heterocycles. The molecule has 8 fully saturated rings. The van der Waals surface area contributed by atoms with Gasteiger partial charge in [-0.05, 0) is 61.8 Å². The Balaban J connectivity index is 0.755. The minimum atomic E-state index is -6.07. The van der Waals surface area contributed by atoms with Gasteiger partial charge in [0.2, 0.25) is 0 Å². The molecule has 7 N–H and O–H groups in total. The average molecular weight is 1610 g/mol. The molecule has 0 aromatic carbocycles. The highest BCUT2D eigenvalue weighted by Crippen LogP contribution is 2.62. The second-order valence-corrected chi connectivity index (χ2v) is 35.0. The number of phosphoric acid groups is 2. The first kappa shape index (κ1) is 78.4. The number of nitrogen functional groups attached to an aromatic ring is 1. The zero-order chi connectivity index (χ0) is 76.8. The van der Waals surface area contributed by atoms with E-state index < -0.39 is 240 Å². The molecule has 13 rings (SSSR count). The van der Waals surface area contributed by atoms with Crippen molar-refractivity contribution in [3.8, 4) is 0 Å². The van der Waals surface area contributed by atoms with E-state index in [-0.39, 0.29) is 40.9 Å². The minimum absolute atomic E-state index is 0.0551. The van der Waals surface area contributed by atoms with E-state index in [1.807, 2.05) is 0 Å². The summed E-state index contributed by atoms with van der Waals surface area (Å²) >= 11 is 10.8. The molecule has 0 saturated carbocycles. The Bertz CT molecular complexity index is 5110. The molecule has 106 heavy (non-hydrogen) atoms. The lowest BCUT2D eigenvalue weighted by atomic mass is 9.94. The van der Waals surface area contributed by atoms with Crippen LogP contribution in [0.25, 0.3) is 0 Å². The first-order chi connectivity index (χ1) is 49.6. The van der Waals surface area contributed by atoms with E-state index in [1.54, 1.807) is 6.92 Å². The smallest absolute Gasteiger partial charge is 0.351 e. The first-order valence-electron chi connectivity index (χ1n) is 32.8. The molecule has 5 aromatic heterocycles. The first-order valence-corrected chi connectivity index (χ1v) is 40.8. The summed E-state index contributed by atoms with van der Waals surface area (Å²) in [6.45, 7) is -1.13. The maximum absolute atomic E-state index is 14.9. The number of aliphatic hydroxyl groups excluding tert-OH is 1. The van der Waals surface area contributed by atoms with Crippen LogP contribution in [-0.4, -0.2) is 175 Å². The summed E-state index contributed by atoms with van der Waals surface area (Å²) in [6.07, 6.45) is -21.0. The fraction of sp³-hybridized carbons (Fsp3) is 0.649. The second kappa shape index (κ2) is 28.6. The van der Waals surface area contributed by atoms with Crippen molar-refractivity contribution >= 4 is 59.0 Å². The largest absolute Gasteiger partial charge is 0.780 e. The van der Waals surface area contributed by atoms with Crippen molar-refractivity contribution in [1.82, 2.24) is 47.8 Å². The van der Waals surface area contributed by atoms with Crippen molar-refractivity contribution in [3.63, 3.8) is 0 Å². The van der Waals surface area contributed by atoms with Gasteiger partial charge in [0.05, 0.1) is 63.1 Å². The van der Waals surface area contributed by atoms with Crippen LogP contribution in [0, 0.1) is 34.6 Å². The predicted octanol–water partition coefficient (Wildman–Crippen LogP) is -3.14. The van der Waals surface area contributed by atoms with Crippen LogP contribution < -0.4 is 71.1 Å². The van der Waals surface area contributed by atoms with E-state index in [0.717, 1.165) is 41.4 Å². The van der Waals surface area contributed by atoms with Gasteiger partial charge in [-0.2, -0.15) is 4.98 Å². The van der Waals surface area contributed by atoms with Crippen molar-refractivity contribution in [2.24, 2.45) is 0 Å². The van der Waals surface area contributed by atoms with Gasteiger partial charge in [-0.3, -0.25) is 75.6 Å². The van der Waals surface area contributed by atoms with Gasteiger partial charge in [-0.1, -0.05) is 18.7 Å². The van der Waals surface area contributed by atoms with Crippen molar-refractivity contribution in [1.29, 1.82) is 0 Å². The van der Waals surface area contributed by atoms with Crippen molar-refractivity contribution < 1.29 is 108 Å². The number of hydrogen-bond acceptors (Lipinski definition) is 36. The summed E-state index contributed by atoms with van der Waals surface area (Å²) in [5.41, 5.74) is -8.30. The van der Waals surface area contributed by atoms with Crippen LogP contribution in [0.1, 0.15) is 106 Å². The van der Waals surface area contributed by atoms with E-state index in [4.69, 9.17) is 104 Å². The van der Waals surface area contributed by atoms with Crippen LogP contribution in [0.15, 0.2) is 74.1 Å². The summed E-state index contributed by atoms with van der Waals surface area (Å²) in [5, 5.41) is 11.5. The number of hydrogen-bond donors (Lipinski definition) is 6. The molecule has 5 aromatic rings. The number of aromatic nitrogens is 10. The van der Waals surface area contributed by atoms with Crippen LogP contribution in [0.4, 0.5) is 5.82 Å². The standard InChI is InChI=1S/C57H75N11O32P4S2/c1-10-30-31(11-34(92-30)65-14-23(3)43(70)60-51(65)75)97-103(83,105)85-18-33-32(12-35(93-33)64-13-22(2)42(58)59-50(64)74)98-104(84,106)88-21-57-29(9)91-38(49(96-57)68-17-26(6)46(73)63-54(68)78)41(57)100-102(81,82)87-20-56-28(8)90-37(48(95-56)67-16-25(5)45(72)62-53(67)77)40(56)99-101(79,80)86-19-55-27(7)89-36(39(55)69)47(94-55)66-15-24(4)44(71)61-52(66)76/h13-17,27-41,47-49,69H,10-12,18-21H2,1-9H3,(H,79,80)(H,81,82)(H,83,105)(H,84,106)(H2,58,59,74)(H,60,70,75)(H,61,71,76)(H,62,72,77)(H,63,73,78)/p-4/t27-,28-,29-,30+,31+,32+,33+,34+,35+,36?,37?,38?,39+,40+,41+,47+,48+,49+,55-,56-,57-,103?,104?/m0/s1. The van der Waals surface area contributed by atoms with E-state index >= 15 is 0 Å². The van der Waals surface area contributed by atoms with Crippen LogP contribution in [-0.2, 0) is 112 Å². The highest BCUT2D eigenvalue weighted by molar-refractivity contribution is 8.32. The molecule has 6 bridgehead atoms. The number of rotatable bonds is 26. The molecule has 0 aliphatic carbocycles. The summed E-state index contributed by atoms with van der Waals surface area (Å²) in [6, 6.07) is 0. The molecule has 0 radical (unpaired) electrons. The van der Waals surface area contributed by atoms with Gasteiger partial charge in [0.15, 0.2) is 25.5 Å². The molecule has 49 heteroatoms. The topological polar surface area (TPSA) is 569 Å². The fourth-order valence-corrected chi connectivity index (χ4v) is 19.2. The Labute approximate surface area is 605 Å². The molecule has 43 nitrogen and oxygen atoms in total. The van der Waals surface area contributed by atoms with Gasteiger partial charge in [-0.15, -0.1) is 0 Å². The summed E-state index contributed by atoms with van der Waals surface area (Å²) < 4.78 is 144. The van der Waals surface area contributed by atoms with E-state index in [9.17, 15) is 76.6 Å². The molecule has 582 valence electrons. The quantitative estimate of drug-likeness (QED) is 0.0235. The Hall–Kier alpha value is -5.71. The monoisotopic (exact) mass is 1610 g/mol. The maximum Gasteiger partial charge on any atom is 0.351 e. The number of aliphatic hydroxyl groups is 1. The van der Waals surface area contributed by atoms with Crippen LogP contribution in [0.3, 0.4) is 0 Å². The van der Waals surface area contributed by atoms with Crippen molar-refractivity contribution in [2.45, 2.75) is 209 Å². The number of aryl methyl sites for hydroxylation is 5. The third-order valence-corrected chi connectivity index (χ3v) is 25.1. The second-order valence-electron chi connectivity index (χ2n) is 26.9. The van der Waals surface area contributed by atoms with E-state index in [0.29, 0.717) is 5.56 Å². The fourth-order valence-electron chi connectivity index (χ4n) is 14.3. The SMILES string of the molecule is CC[C@H]1O[C@@H](n2cc(C)c(=O)[nH]c2=O)C[C@H]1OP([O-])(=S)OC[C@H]1O[C@@H](n2cc(C)c(N)nc2=O)C[C@H]1OP(=O)([S-])OC[C@]12O[C@@H](n3cc(C)c(=O)[nH]c3=O)C(O[C@H]1C)[C@H]2OP(=O)([O-])OC[C@]12O[C@@H](n3cc(C)c(=O)[nH]c3=O)C(O[C@H]1C)[C@H]2OP(=O)([O-])OC[C@]12O[C@@H](n3cc(C)c(=O)[nH]c3=O)C(O[C@H]1C)[C@H]2O. The number of aromatic amines is 4. The average Bonchev–Trinajstić information content (AvgIpc) is 1.56. The summed E-state index contributed by atoms with van der Waals surface area (Å²) in [5.74, 6) is -0.121. The third kappa shape index (κ3) is 14.4. The molecule has 0 amide bonds. The van der Waals surface area contributed by atoms with E-state index in [2.05, 4.69) is 24.9 Å². The van der Waals surface area contributed by atoms with Crippen LogP contribution >= 0.6 is 29.2 Å². The van der Waals surface area contributed by atoms with Gasteiger partial charge in [0, 0.05) is 71.6 Å². The molecule has 7 unspecified atom stereocenters. The van der Waals surface area contributed by atoms with E-state index in [1.165, 1.54) is 67.8 Å². The van der Waals surface area contributed by atoms with Gasteiger partial charge in [0.1, 0.15) is 84.5 Å². The molecule has 8 aliphatic heterocycles. The Kier molecular flexibility index (Phi) is 21.1. The summed E-state index contributed by atoms with van der Waals surface area (Å²) in [7, 11) is -11.9. The number of anilines is 1. The normalized spacial score (nSPS) is 35.9. The highest BCUT2D eigenvalue weighted by Gasteiger charge is 2.71. The number of ether oxygens (including phenoxy) is 8. The molecule has 8 aliphatic rings. The number of phosphoric ester groups is 2. The molecular weight excluding hydrogens is 1540 g/mol. The molecule has 0 spiro atoms. The lowest BCUT2D eigenvalue weighted by Crippen LogP contribution is -2.52. The summed E-state index contributed by atoms with van der Waals surface area (Å²) in [4.78, 5) is 171. The Morgan fingerprint density at radius 1 is 0.547 bits per heavy atom. The zero-order valence-corrected chi connectivity index (χ0v) is 62.4. The van der Waals surface area contributed by atoms with Gasteiger partial charge < -0.3 is 112 Å². The number of nitrogens with two attached hydrogens (primary N) is 1. The third-order valence-electron chi connectivity index (χ3n) is 20.1. The van der Waals surface area contributed by atoms with Gasteiger partial charge in [0.25, 0.3) is 37.9 Å². The number of fused-ring (bicyclic) bond motifs is 6. The van der Waals surface area contributed by atoms with Crippen LogP contribution in [0.2, 0.25) is 0 Å². The zero-order valence-electron chi connectivity index (χ0n) is 57.2. The predicted molar refractivity (Wildman–Crippen MR) is 355 cm³/mol. The molecule has 25 atom stereocenters. The number of nitrogens with zero attached hydrogens (tertiary/aromatic N) is 6. The van der Waals surface area contributed by atoms with Crippen LogP contribution in [0.5, 0.6) is 0 Å². The minimum Gasteiger partial charge on any atom is -0.780 e. The Morgan fingerprint density at radius 3 is 1.41 bits per heavy atom.